The van der Waals surface area contributed by atoms with Crippen molar-refractivity contribution in [3.05, 3.63) is 65.8 Å². The van der Waals surface area contributed by atoms with Crippen LogP contribution in [0.15, 0.2) is 54.7 Å². The van der Waals surface area contributed by atoms with E-state index in [1.807, 2.05) is 0 Å². The van der Waals surface area contributed by atoms with Crippen LogP contribution in [0.2, 0.25) is 5.36 Å². The van der Waals surface area contributed by atoms with Gasteiger partial charge in [-0.1, -0.05) is 0 Å². The van der Waals surface area contributed by atoms with Crippen molar-refractivity contribution >= 4 is 34.3 Å². The van der Waals surface area contributed by atoms with E-state index in [9.17, 15) is 27.8 Å². The molecule has 0 saturated carbocycles. The summed E-state index contributed by atoms with van der Waals surface area (Å²) in [6.07, 6.45) is 8.11. The van der Waals surface area contributed by atoms with E-state index < -0.39 is 43.4 Å². The predicted octanol–water partition coefficient (Wildman–Crippen LogP) is 2.37. The minimum absolute atomic E-state index is 0.0644. The molecule has 0 amide bonds. The average Bonchev–Trinajstić information content (AvgIpc) is 2.89. The van der Waals surface area contributed by atoms with E-state index in [0.717, 1.165) is 0 Å². The third-order valence-corrected chi connectivity index (χ3v) is 5.72. The van der Waals surface area contributed by atoms with E-state index in [-0.39, 0.29) is 54.0 Å². The minimum atomic E-state index is -2.15. The molecule has 0 bridgehead atoms. The summed E-state index contributed by atoms with van der Waals surface area (Å²) >= 11 is -2.15. The Balaban J connectivity index is 2.95. The van der Waals surface area contributed by atoms with Gasteiger partial charge in [0.1, 0.15) is 0 Å². The summed E-state index contributed by atoms with van der Waals surface area (Å²) in [6.45, 7) is 3.88. The van der Waals surface area contributed by atoms with Crippen molar-refractivity contribution in [2.45, 2.75) is 26.1 Å². The first-order valence-corrected chi connectivity index (χ1v) is 13.0. The van der Waals surface area contributed by atoms with E-state index in [0.29, 0.717) is 0 Å². The Morgan fingerprint density at radius 3 is 1.37 bits per heavy atom. The van der Waals surface area contributed by atoms with E-state index in [2.05, 4.69) is 0 Å². The van der Waals surface area contributed by atoms with E-state index in [1.54, 1.807) is 20.8 Å². The van der Waals surface area contributed by atoms with Crippen LogP contribution in [0.5, 0.6) is 0 Å². The summed E-state index contributed by atoms with van der Waals surface area (Å²) in [5.74, 6) is -3.50. The van der Waals surface area contributed by atoms with Gasteiger partial charge >= 0.3 is 224 Å². The zero-order valence-electron chi connectivity index (χ0n) is 21.3. The number of benzene rings is 1. The number of esters is 5. The number of carbonyl (C=O) groups is 5. The summed E-state index contributed by atoms with van der Waals surface area (Å²) in [5, 5.41) is -0.0644. The number of ether oxygens (including phenoxy) is 5. The number of rotatable bonds is 15. The maximum absolute atomic E-state index is 12.8. The summed E-state index contributed by atoms with van der Waals surface area (Å²) < 4.78 is 37.8. The molecule has 12 heteroatoms. The van der Waals surface area contributed by atoms with Crippen molar-refractivity contribution in [3.8, 4) is 0 Å². The van der Waals surface area contributed by atoms with Crippen LogP contribution in [0.25, 0.3) is 0 Å². The zero-order valence-corrected chi connectivity index (χ0v) is 22.3. The summed E-state index contributed by atoms with van der Waals surface area (Å²) in [4.78, 5) is 59.3. The Kier molecular flexibility index (Phi) is 15.5. The molecule has 1 rings (SSSR count). The maximum atomic E-state index is 12.8. The molecule has 0 unspecified atom stereocenters. The van der Waals surface area contributed by atoms with Gasteiger partial charge in [0, 0.05) is 0 Å². The van der Waals surface area contributed by atoms with Crippen LogP contribution in [0, 0.1) is 0 Å². The van der Waals surface area contributed by atoms with Gasteiger partial charge in [-0.15, -0.1) is 0 Å². The third kappa shape index (κ3) is 12.9. The molecule has 0 aliphatic rings. The second-order valence-electron chi connectivity index (χ2n) is 6.93. The predicted molar refractivity (Wildman–Crippen MR) is 129 cm³/mol. The number of carbonyl (C=O) groups excluding carboxylic acids is 5. The molecule has 0 aromatic heterocycles. The first-order chi connectivity index (χ1) is 18.2. The molecule has 209 valence electrons. The molecule has 38 heavy (non-hydrogen) atoms. The molecule has 11 nitrogen and oxygen atoms in total. The molecule has 0 atom stereocenters. The molecule has 0 heterocycles. The monoisotopic (exact) mass is 577 g/mol. The molecule has 0 spiro atoms. The second-order valence-corrected chi connectivity index (χ2v) is 8.93. The number of allylic oxidation sites excluding steroid dienone is 3. The van der Waals surface area contributed by atoms with E-state index >= 15 is 0 Å². The number of hydrogen-bond donors (Lipinski definition) is 0. The fraction of sp³-hybridized carbons (Fsp3) is 0.346. The van der Waals surface area contributed by atoms with Crippen LogP contribution in [-0.2, 0) is 55.5 Å². The summed E-state index contributed by atoms with van der Waals surface area (Å²) in [7, 11) is 0. The first-order valence-electron chi connectivity index (χ1n) is 11.4. The summed E-state index contributed by atoms with van der Waals surface area (Å²) in [6, 6.07) is 3.77. The first kappa shape index (κ1) is 32.1. The fourth-order valence-corrected chi connectivity index (χ4v) is 3.74. The molecule has 0 aliphatic carbocycles. The van der Waals surface area contributed by atoms with Crippen molar-refractivity contribution in [1.29, 1.82) is 0 Å². The fourth-order valence-electron chi connectivity index (χ4n) is 2.48. The third-order valence-electron chi connectivity index (χ3n) is 4.06. The van der Waals surface area contributed by atoms with Crippen molar-refractivity contribution in [3.63, 3.8) is 0 Å². The standard InChI is InChI=1S/C20H21O8.C6H9O2.Co.O/c1-3-6-17(21)25-10-12-27-19(23)15-8-5-9-16(14-15)20(24)28-13-11-26-18(22)7-4-2;1-3-5-6(7)8-4-2;;/h3-4,6-9,14H,10-13H2,1-2H3;3,5H,2,4H2,1H3;;/b6-3+,7-4+;5-3+;;. The van der Waals surface area contributed by atoms with Crippen LogP contribution >= 0.6 is 0 Å². The van der Waals surface area contributed by atoms with Gasteiger partial charge in [0.2, 0.25) is 0 Å². The van der Waals surface area contributed by atoms with Crippen molar-refractivity contribution in [1.82, 2.24) is 0 Å². The summed E-state index contributed by atoms with van der Waals surface area (Å²) in [5.41, 5.74) is -0.190. The normalized spacial score (nSPS) is 11.4. The van der Waals surface area contributed by atoms with Crippen molar-refractivity contribution in [2.75, 3.05) is 33.0 Å². The Hall–Kier alpha value is -3.90. The van der Waals surface area contributed by atoms with Gasteiger partial charge in [0.15, 0.2) is 0 Å². The number of hydrogen-bond acceptors (Lipinski definition) is 11. The van der Waals surface area contributed by atoms with Gasteiger partial charge in [-0.25, -0.2) is 0 Å². The average molecular weight is 577 g/mol. The van der Waals surface area contributed by atoms with Crippen LogP contribution < -0.4 is 4.50 Å². The van der Waals surface area contributed by atoms with Crippen LogP contribution in [0.3, 0.4) is 0 Å². The molecule has 0 radical (unpaired) electrons. The Morgan fingerprint density at radius 1 is 0.605 bits per heavy atom. The molecular formula is C26H30CoO11. The van der Waals surface area contributed by atoms with Gasteiger partial charge in [-0.3, -0.25) is 0 Å². The van der Waals surface area contributed by atoms with Gasteiger partial charge in [-0.2, -0.15) is 0 Å². The molecule has 0 N–H and O–H groups in total. The zero-order chi connectivity index (χ0) is 28.3. The van der Waals surface area contributed by atoms with Crippen molar-refractivity contribution < 1.29 is 65.1 Å². The molecule has 0 aliphatic heterocycles. The van der Waals surface area contributed by atoms with Crippen molar-refractivity contribution in [2.24, 2.45) is 0 Å². The van der Waals surface area contributed by atoms with E-state index in [4.69, 9.17) is 23.7 Å². The van der Waals surface area contributed by atoms with Gasteiger partial charge in [-0.05, 0) is 0 Å². The molecule has 0 saturated heterocycles. The Bertz CT molecular complexity index is 1040. The molecule has 1 aromatic rings. The molecule has 1 aromatic carbocycles. The Morgan fingerprint density at radius 2 is 0.974 bits per heavy atom. The van der Waals surface area contributed by atoms with Crippen LogP contribution in [0.4, 0.5) is 0 Å². The second kappa shape index (κ2) is 18.4. The SMILES string of the molecule is C/C=C/C(=O)OCCOC(=O)c1cc(C(=O)OCCOC(=O)/C=C/C)c[c]([Co](=[O])[CH2]COC(=O)/C=C/C)c1. The Labute approximate surface area is 224 Å². The van der Waals surface area contributed by atoms with Crippen LogP contribution in [-0.4, -0.2) is 62.9 Å². The van der Waals surface area contributed by atoms with Gasteiger partial charge in [0.05, 0.1) is 0 Å². The van der Waals surface area contributed by atoms with Gasteiger partial charge < -0.3 is 0 Å². The van der Waals surface area contributed by atoms with Gasteiger partial charge in [0.25, 0.3) is 0 Å². The molecular weight excluding hydrogens is 547 g/mol. The quantitative estimate of drug-likeness (QED) is 0.131. The molecule has 0 fully saturated rings. The topological polar surface area (TPSA) is 149 Å². The van der Waals surface area contributed by atoms with Crippen LogP contribution in [0.1, 0.15) is 41.5 Å². The van der Waals surface area contributed by atoms with E-state index in [1.165, 1.54) is 54.7 Å².